The quantitative estimate of drug-likeness (QED) is 0.573. The Morgan fingerprint density at radius 1 is 0.900 bits per heavy atom. The van der Waals surface area contributed by atoms with Crippen molar-refractivity contribution in [3.63, 3.8) is 0 Å². The average Bonchev–Trinajstić information content (AvgIpc) is 2.96. The number of furan rings is 1. The van der Waals surface area contributed by atoms with Gasteiger partial charge in [0.1, 0.15) is 11.3 Å². The number of fused-ring (bicyclic) bond motifs is 3. The van der Waals surface area contributed by atoms with Crippen molar-refractivity contribution < 1.29 is 4.42 Å². The van der Waals surface area contributed by atoms with Crippen molar-refractivity contribution in [1.82, 2.24) is 0 Å². The predicted molar refractivity (Wildman–Crippen MR) is 82.8 cm³/mol. The Kier molecular flexibility index (Phi) is 2.37. The molecular weight excluding hydrogens is 244 g/mol. The van der Waals surface area contributed by atoms with Crippen LogP contribution in [0, 0.1) is 0 Å². The summed E-state index contributed by atoms with van der Waals surface area (Å²) in [4.78, 5) is 0. The number of hydrogen-bond donors (Lipinski definition) is 0. The normalized spacial score (nSPS) is 17.8. The minimum absolute atomic E-state index is 0.420. The van der Waals surface area contributed by atoms with Crippen LogP contribution in [0.2, 0.25) is 0 Å². The third-order valence-corrected chi connectivity index (χ3v) is 4.40. The molecular formula is C19H16O. The maximum Gasteiger partial charge on any atom is 0.139 e. The van der Waals surface area contributed by atoms with E-state index >= 15 is 0 Å². The summed E-state index contributed by atoms with van der Waals surface area (Å²) in [5.41, 5.74) is 6.25. The van der Waals surface area contributed by atoms with Crippen LogP contribution in [-0.2, 0) is 0 Å². The summed E-state index contributed by atoms with van der Waals surface area (Å²) in [5, 5.41) is 1.25. The summed E-state index contributed by atoms with van der Waals surface area (Å²) in [7, 11) is 0. The van der Waals surface area contributed by atoms with E-state index in [1.54, 1.807) is 0 Å². The molecule has 0 aliphatic heterocycles. The van der Waals surface area contributed by atoms with Gasteiger partial charge in [0.15, 0.2) is 0 Å². The van der Waals surface area contributed by atoms with Crippen LogP contribution in [-0.4, -0.2) is 0 Å². The van der Waals surface area contributed by atoms with Crippen LogP contribution in [0.3, 0.4) is 0 Å². The van der Waals surface area contributed by atoms with E-state index in [0.717, 1.165) is 11.3 Å². The van der Waals surface area contributed by atoms with Gasteiger partial charge in [0, 0.05) is 22.4 Å². The molecule has 1 aromatic heterocycles. The summed E-state index contributed by atoms with van der Waals surface area (Å²) in [5.74, 6) is 1.48. The Labute approximate surface area is 118 Å². The second-order valence-electron chi connectivity index (χ2n) is 5.49. The maximum atomic E-state index is 6.16. The van der Waals surface area contributed by atoms with Crippen molar-refractivity contribution in [3.05, 3.63) is 77.1 Å². The van der Waals surface area contributed by atoms with E-state index in [2.05, 4.69) is 62.4 Å². The van der Waals surface area contributed by atoms with Gasteiger partial charge in [-0.2, -0.15) is 0 Å². The number of para-hydroxylation sites is 1. The molecule has 1 aliphatic rings. The van der Waals surface area contributed by atoms with Crippen LogP contribution in [0.4, 0.5) is 0 Å². The van der Waals surface area contributed by atoms with Crippen molar-refractivity contribution in [2.24, 2.45) is 0 Å². The number of rotatable bonds is 1. The van der Waals surface area contributed by atoms with Crippen LogP contribution >= 0.6 is 0 Å². The molecule has 3 aromatic rings. The van der Waals surface area contributed by atoms with Gasteiger partial charge in [0.25, 0.3) is 0 Å². The molecule has 20 heavy (non-hydrogen) atoms. The highest BCUT2D eigenvalue weighted by Crippen LogP contribution is 2.48. The van der Waals surface area contributed by atoms with Crippen LogP contribution in [0.1, 0.15) is 36.7 Å². The maximum absolute atomic E-state index is 6.16. The molecule has 1 heteroatoms. The Hall–Kier alpha value is -2.28. The Balaban J connectivity index is 2.03. The summed E-state index contributed by atoms with van der Waals surface area (Å²) < 4.78 is 6.16. The molecule has 0 saturated carbocycles. The Bertz CT molecular complexity index is 821. The van der Waals surface area contributed by atoms with Gasteiger partial charge in [-0.3, -0.25) is 0 Å². The minimum Gasteiger partial charge on any atom is -0.456 e. The molecule has 0 amide bonds. The first-order valence-corrected chi connectivity index (χ1v) is 7.05. The van der Waals surface area contributed by atoms with Gasteiger partial charge >= 0.3 is 0 Å². The molecule has 1 atom stereocenters. The van der Waals surface area contributed by atoms with E-state index in [9.17, 15) is 0 Å². The molecule has 0 bridgehead atoms. The van der Waals surface area contributed by atoms with Crippen molar-refractivity contribution in [1.29, 1.82) is 0 Å². The third kappa shape index (κ3) is 1.44. The smallest absolute Gasteiger partial charge is 0.139 e. The fourth-order valence-corrected chi connectivity index (χ4v) is 3.26. The third-order valence-electron chi connectivity index (χ3n) is 4.40. The van der Waals surface area contributed by atoms with E-state index < -0.39 is 0 Å². The van der Waals surface area contributed by atoms with Gasteiger partial charge < -0.3 is 4.42 Å². The summed E-state index contributed by atoms with van der Waals surface area (Å²) in [6.07, 6.45) is 0. The van der Waals surface area contributed by atoms with E-state index in [4.69, 9.17) is 4.42 Å². The number of hydrogen-bond acceptors (Lipinski definition) is 1. The lowest BCUT2D eigenvalue weighted by atomic mass is 9.97. The molecule has 1 heterocycles. The molecule has 1 unspecified atom stereocenters. The van der Waals surface area contributed by atoms with Gasteiger partial charge in [0.2, 0.25) is 0 Å². The van der Waals surface area contributed by atoms with E-state index in [1.807, 2.05) is 6.07 Å². The molecule has 98 valence electrons. The highest BCUT2D eigenvalue weighted by Gasteiger charge is 2.32. The van der Waals surface area contributed by atoms with Crippen LogP contribution in [0.15, 0.2) is 64.6 Å². The summed E-state index contributed by atoms with van der Waals surface area (Å²) in [6, 6.07) is 18.9. The predicted octanol–water partition coefficient (Wildman–Crippen LogP) is 5.37. The Morgan fingerprint density at radius 2 is 1.60 bits per heavy atom. The zero-order chi connectivity index (χ0) is 13.7. The zero-order valence-corrected chi connectivity index (χ0v) is 11.7. The van der Waals surface area contributed by atoms with Gasteiger partial charge in [-0.15, -0.1) is 0 Å². The number of benzene rings is 2. The van der Waals surface area contributed by atoms with Crippen LogP contribution in [0.5, 0.6) is 0 Å². The molecule has 4 rings (SSSR count). The zero-order valence-electron chi connectivity index (χ0n) is 11.7. The second kappa shape index (κ2) is 4.11. The minimum atomic E-state index is 0.420. The average molecular weight is 260 g/mol. The van der Waals surface area contributed by atoms with Gasteiger partial charge in [-0.05, 0) is 18.6 Å². The molecule has 2 aromatic carbocycles. The first-order chi connectivity index (χ1) is 9.77. The monoisotopic (exact) mass is 260 g/mol. The lowest BCUT2D eigenvalue weighted by Gasteiger charge is -2.07. The van der Waals surface area contributed by atoms with E-state index in [1.165, 1.54) is 27.7 Å². The van der Waals surface area contributed by atoms with Crippen LogP contribution < -0.4 is 0 Å². The van der Waals surface area contributed by atoms with Crippen molar-refractivity contribution in [2.45, 2.75) is 19.8 Å². The highest BCUT2D eigenvalue weighted by atomic mass is 16.3. The van der Waals surface area contributed by atoms with E-state index in [-0.39, 0.29) is 0 Å². The summed E-state index contributed by atoms with van der Waals surface area (Å²) in [6.45, 7) is 4.49. The van der Waals surface area contributed by atoms with Crippen molar-refractivity contribution in [3.8, 4) is 0 Å². The van der Waals surface area contributed by atoms with Crippen molar-refractivity contribution in [2.75, 3.05) is 0 Å². The standard InChI is InChI=1S/C19H16O/c1-12-13(2)18-15-10-6-7-11-16(15)20-19(18)17(12)14-8-4-3-5-9-14/h3-11,13H,1-2H3. The lowest BCUT2D eigenvalue weighted by Crippen LogP contribution is -1.89. The second-order valence-corrected chi connectivity index (χ2v) is 5.49. The van der Waals surface area contributed by atoms with E-state index in [0.29, 0.717) is 5.92 Å². The fraction of sp³-hybridized carbons (Fsp3) is 0.158. The van der Waals surface area contributed by atoms with Crippen molar-refractivity contribution >= 4 is 16.5 Å². The van der Waals surface area contributed by atoms with Gasteiger partial charge in [-0.25, -0.2) is 0 Å². The molecule has 0 saturated heterocycles. The molecule has 0 radical (unpaired) electrons. The molecule has 0 fully saturated rings. The molecule has 1 aliphatic carbocycles. The first-order valence-electron chi connectivity index (χ1n) is 7.05. The fourth-order valence-electron chi connectivity index (χ4n) is 3.26. The number of allylic oxidation sites excluding steroid dienone is 1. The molecule has 1 nitrogen and oxygen atoms in total. The SMILES string of the molecule is CC1=C(c2ccccc2)c2oc3ccccc3c2C1C. The summed E-state index contributed by atoms with van der Waals surface area (Å²) >= 11 is 0. The Morgan fingerprint density at radius 3 is 2.40 bits per heavy atom. The highest BCUT2D eigenvalue weighted by molar-refractivity contribution is 5.95. The topological polar surface area (TPSA) is 13.1 Å². The first kappa shape index (κ1) is 11.5. The largest absolute Gasteiger partial charge is 0.456 e. The lowest BCUT2D eigenvalue weighted by molar-refractivity contribution is 0.598. The van der Waals surface area contributed by atoms with Gasteiger partial charge in [0.05, 0.1) is 0 Å². The van der Waals surface area contributed by atoms with Gasteiger partial charge in [-0.1, -0.05) is 61.0 Å². The molecule has 0 N–H and O–H groups in total. The molecule has 0 spiro atoms. The van der Waals surface area contributed by atoms with Crippen LogP contribution in [0.25, 0.3) is 16.5 Å².